The molecular weight excluding hydrogens is 303 g/mol. The first-order valence-corrected chi connectivity index (χ1v) is 7.31. The lowest BCUT2D eigenvalue weighted by Crippen LogP contribution is -1.86. The lowest BCUT2D eigenvalue weighted by Gasteiger charge is -2.05. The van der Waals surface area contributed by atoms with Crippen molar-refractivity contribution in [2.75, 3.05) is 0 Å². The summed E-state index contributed by atoms with van der Waals surface area (Å²) in [7, 11) is 0. The molecule has 2 aromatic heterocycles. The van der Waals surface area contributed by atoms with Crippen LogP contribution < -0.4 is 0 Å². The minimum absolute atomic E-state index is 0.692. The molecule has 0 spiro atoms. The van der Waals surface area contributed by atoms with E-state index in [4.69, 9.17) is 28.2 Å². The van der Waals surface area contributed by atoms with Crippen molar-refractivity contribution in [2.24, 2.45) is 0 Å². The number of fused-ring (bicyclic) bond motifs is 2. The van der Waals surface area contributed by atoms with E-state index in [1.165, 1.54) is 0 Å². The van der Waals surface area contributed by atoms with Gasteiger partial charge in [-0.1, -0.05) is 47.5 Å². The van der Waals surface area contributed by atoms with Gasteiger partial charge in [-0.05, 0) is 24.3 Å². The third kappa shape index (κ3) is 1.99. The average molecular weight is 313 g/mol. The lowest BCUT2D eigenvalue weighted by atomic mass is 10.1. The topological polar surface area (TPSA) is 28.7 Å². The van der Waals surface area contributed by atoms with Crippen LogP contribution in [0.3, 0.4) is 0 Å². The summed E-state index contributed by atoms with van der Waals surface area (Å²) in [5, 5.41) is 3.32. The van der Waals surface area contributed by atoms with Gasteiger partial charge in [-0.3, -0.25) is 0 Å². The molecule has 0 radical (unpaired) electrons. The second-order valence-electron chi connectivity index (χ2n) is 4.87. The number of halogens is 2. The van der Waals surface area contributed by atoms with E-state index in [1.807, 2.05) is 54.7 Å². The summed E-state index contributed by atoms with van der Waals surface area (Å²) >= 11 is 12.7. The molecule has 1 N–H and O–H groups in total. The Morgan fingerprint density at radius 3 is 2.67 bits per heavy atom. The molecule has 0 atom stereocenters. The van der Waals surface area contributed by atoms with E-state index < -0.39 is 0 Å². The van der Waals surface area contributed by atoms with Crippen LogP contribution in [0.25, 0.3) is 33.1 Å². The molecule has 2 heterocycles. The molecule has 0 amide bonds. The van der Waals surface area contributed by atoms with Gasteiger partial charge in [0, 0.05) is 28.0 Å². The van der Waals surface area contributed by atoms with E-state index in [2.05, 4.69) is 4.98 Å². The first kappa shape index (κ1) is 12.7. The number of rotatable bonds is 1. The molecule has 0 bridgehead atoms. The summed E-state index contributed by atoms with van der Waals surface area (Å²) in [6, 6.07) is 15.5. The fraction of sp³-hybridized carbons (Fsp3) is 0. The second-order valence-corrected chi connectivity index (χ2v) is 5.69. The van der Waals surface area contributed by atoms with Gasteiger partial charge in [0.05, 0.1) is 21.3 Å². The summed E-state index contributed by atoms with van der Waals surface area (Å²) in [6.45, 7) is 0. The van der Waals surface area contributed by atoms with Gasteiger partial charge in [0.15, 0.2) is 0 Å². The molecule has 102 valence electrons. The molecule has 0 fully saturated rings. The third-order valence-corrected chi connectivity index (χ3v) is 4.22. The first-order chi connectivity index (χ1) is 10.2. The summed E-state index contributed by atoms with van der Waals surface area (Å²) in [6.07, 6.45) is 1.92. The van der Waals surface area contributed by atoms with Crippen molar-refractivity contribution in [1.82, 2.24) is 9.97 Å². The Kier molecular flexibility index (Phi) is 2.88. The zero-order chi connectivity index (χ0) is 14.4. The van der Waals surface area contributed by atoms with Crippen LogP contribution in [-0.2, 0) is 0 Å². The van der Waals surface area contributed by atoms with Gasteiger partial charge >= 0.3 is 0 Å². The Morgan fingerprint density at radius 1 is 0.905 bits per heavy atom. The van der Waals surface area contributed by atoms with Gasteiger partial charge in [0.2, 0.25) is 0 Å². The molecule has 2 nitrogen and oxygen atoms in total. The third-order valence-electron chi connectivity index (χ3n) is 3.60. The van der Waals surface area contributed by atoms with Gasteiger partial charge in [0.25, 0.3) is 0 Å². The standard InChI is InChI=1S/C17H10Cl2N2/c18-12-5-3-7-15-17(12)11(9-20-15)16-8-13(19)10-4-1-2-6-14(10)21-16/h1-9,20H. The molecule has 0 aliphatic carbocycles. The second kappa shape index (κ2) is 4.76. The number of hydrogen-bond acceptors (Lipinski definition) is 1. The highest BCUT2D eigenvalue weighted by Crippen LogP contribution is 2.35. The molecule has 0 saturated carbocycles. The number of benzene rings is 2. The zero-order valence-corrected chi connectivity index (χ0v) is 12.4. The fourth-order valence-electron chi connectivity index (χ4n) is 2.61. The number of aromatic nitrogens is 2. The normalized spacial score (nSPS) is 11.3. The van der Waals surface area contributed by atoms with Gasteiger partial charge in [-0.25, -0.2) is 4.98 Å². The monoisotopic (exact) mass is 312 g/mol. The number of aromatic amines is 1. The number of hydrogen-bond donors (Lipinski definition) is 1. The molecular formula is C17H10Cl2N2. The Labute approximate surface area is 131 Å². The van der Waals surface area contributed by atoms with E-state index in [0.29, 0.717) is 10.0 Å². The maximum atomic E-state index is 6.39. The largest absolute Gasteiger partial charge is 0.360 e. The fourth-order valence-corrected chi connectivity index (χ4v) is 3.15. The van der Waals surface area contributed by atoms with Crippen molar-refractivity contribution < 1.29 is 0 Å². The highest BCUT2D eigenvalue weighted by Gasteiger charge is 2.12. The molecule has 4 aromatic rings. The van der Waals surface area contributed by atoms with Crippen LogP contribution >= 0.6 is 23.2 Å². The first-order valence-electron chi connectivity index (χ1n) is 6.55. The van der Waals surface area contributed by atoms with E-state index in [1.54, 1.807) is 0 Å². The van der Waals surface area contributed by atoms with Crippen LogP contribution in [0.4, 0.5) is 0 Å². The van der Waals surface area contributed by atoms with Crippen molar-refractivity contribution >= 4 is 45.0 Å². The van der Waals surface area contributed by atoms with Crippen LogP contribution in [-0.4, -0.2) is 9.97 Å². The van der Waals surface area contributed by atoms with Crippen LogP contribution in [0.1, 0.15) is 0 Å². The predicted octanol–water partition coefficient (Wildman–Crippen LogP) is 5.69. The molecule has 0 aliphatic rings. The Hall–Kier alpha value is -2.03. The number of H-pyrrole nitrogens is 1. The van der Waals surface area contributed by atoms with Gasteiger partial charge in [-0.2, -0.15) is 0 Å². The minimum atomic E-state index is 0.692. The highest BCUT2D eigenvalue weighted by molar-refractivity contribution is 6.37. The van der Waals surface area contributed by atoms with Crippen LogP contribution in [0.15, 0.2) is 54.7 Å². The van der Waals surface area contributed by atoms with Crippen molar-refractivity contribution in [3.05, 3.63) is 64.8 Å². The number of nitrogens with zero attached hydrogens (tertiary/aromatic N) is 1. The summed E-state index contributed by atoms with van der Waals surface area (Å²) in [5.41, 5.74) is 3.64. The Morgan fingerprint density at radius 2 is 1.76 bits per heavy atom. The molecule has 4 rings (SSSR count). The minimum Gasteiger partial charge on any atom is -0.360 e. The van der Waals surface area contributed by atoms with E-state index in [-0.39, 0.29) is 0 Å². The summed E-state index contributed by atoms with van der Waals surface area (Å²) in [5.74, 6) is 0. The average Bonchev–Trinajstić information content (AvgIpc) is 2.93. The van der Waals surface area contributed by atoms with E-state index in [9.17, 15) is 0 Å². The summed E-state index contributed by atoms with van der Waals surface area (Å²) < 4.78 is 0. The van der Waals surface area contributed by atoms with Crippen LogP contribution in [0, 0.1) is 0 Å². The van der Waals surface area contributed by atoms with Gasteiger partial charge < -0.3 is 4.98 Å². The Bertz CT molecular complexity index is 973. The maximum absolute atomic E-state index is 6.39. The molecule has 4 heteroatoms. The van der Waals surface area contributed by atoms with Gasteiger partial charge in [-0.15, -0.1) is 0 Å². The quantitative estimate of drug-likeness (QED) is 0.480. The smallest absolute Gasteiger partial charge is 0.0746 e. The Balaban J connectivity index is 2.05. The van der Waals surface area contributed by atoms with Crippen molar-refractivity contribution in [2.45, 2.75) is 0 Å². The van der Waals surface area contributed by atoms with Crippen molar-refractivity contribution in [3.8, 4) is 11.3 Å². The van der Waals surface area contributed by atoms with Crippen LogP contribution in [0.2, 0.25) is 10.0 Å². The molecule has 2 aromatic carbocycles. The van der Waals surface area contributed by atoms with E-state index >= 15 is 0 Å². The predicted molar refractivity (Wildman–Crippen MR) is 89.1 cm³/mol. The number of para-hydroxylation sites is 1. The highest BCUT2D eigenvalue weighted by atomic mass is 35.5. The molecule has 0 unspecified atom stereocenters. The van der Waals surface area contributed by atoms with Gasteiger partial charge in [0.1, 0.15) is 0 Å². The summed E-state index contributed by atoms with van der Waals surface area (Å²) in [4.78, 5) is 7.93. The van der Waals surface area contributed by atoms with Crippen molar-refractivity contribution in [3.63, 3.8) is 0 Å². The zero-order valence-electron chi connectivity index (χ0n) is 10.9. The SMILES string of the molecule is Clc1cc(-c2c[nH]c3cccc(Cl)c23)nc2ccccc12. The molecule has 0 aliphatic heterocycles. The van der Waals surface area contributed by atoms with Crippen molar-refractivity contribution in [1.29, 1.82) is 0 Å². The lowest BCUT2D eigenvalue weighted by molar-refractivity contribution is 1.40. The molecule has 21 heavy (non-hydrogen) atoms. The number of pyridine rings is 1. The molecule has 0 saturated heterocycles. The number of nitrogens with one attached hydrogen (secondary N) is 1. The van der Waals surface area contributed by atoms with Crippen LogP contribution in [0.5, 0.6) is 0 Å². The maximum Gasteiger partial charge on any atom is 0.0746 e. The van der Waals surface area contributed by atoms with E-state index in [0.717, 1.165) is 33.1 Å².